The summed E-state index contributed by atoms with van der Waals surface area (Å²) in [5.41, 5.74) is 0. The van der Waals surface area contributed by atoms with Crippen LogP contribution in [0.5, 0.6) is 0 Å². The van der Waals surface area contributed by atoms with Crippen molar-refractivity contribution < 1.29 is 19.2 Å². The molecule has 1 amide bonds. The van der Waals surface area contributed by atoms with Crippen LogP contribution in [0.4, 0.5) is 5.82 Å². The Kier molecular flexibility index (Phi) is 8.39. The highest BCUT2D eigenvalue weighted by Gasteiger charge is 2.22. The average molecular weight is 372 g/mol. The Morgan fingerprint density at radius 3 is 2.72 bits per heavy atom. The van der Waals surface area contributed by atoms with Crippen LogP contribution in [0.1, 0.15) is 26.1 Å². The summed E-state index contributed by atoms with van der Waals surface area (Å²) < 4.78 is 6.20. The van der Waals surface area contributed by atoms with Gasteiger partial charge in [-0.15, -0.1) is 11.8 Å². The maximum Gasteiger partial charge on any atom is 0.342 e. The number of imidazole rings is 1. The van der Waals surface area contributed by atoms with E-state index < -0.39 is 16.9 Å². The quantitative estimate of drug-likeness (QED) is 0.286. The van der Waals surface area contributed by atoms with E-state index in [4.69, 9.17) is 4.74 Å². The summed E-state index contributed by atoms with van der Waals surface area (Å²) in [6.07, 6.45) is 1.73. The second kappa shape index (κ2) is 10.0. The fourth-order valence-corrected chi connectivity index (χ4v) is 2.99. The van der Waals surface area contributed by atoms with E-state index in [9.17, 15) is 19.7 Å². The summed E-state index contributed by atoms with van der Waals surface area (Å²) >= 11 is 1.33. The molecule has 1 aromatic heterocycles. The van der Waals surface area contributed by atoms with Gasteiger partial charge in [0.2, 0.25) is 5.91 Å². The van der Waals surface area contributed by atoms with Crippen molar-refractivity contribution in [3.8, 4) is 0 Å². The zero-order valence-electron chi connectivity index (χ0n) is 14.9. The number of nitrogens with one attached hydrogen (secondary N) is 1. The van der Waals surface area contributed by atoms with Crippen LogP contribution >= 0.6 is 11.8 Å². The minimum Gasteiger partial charge on any atom is -0.467 e. The molecule has 0 saturated carbocycles. The number of nitro groups is 1. The maximum atomic E-state index is 12.0. The van der Waals surface area contributed by atoms with E-state index in [-0.39, 0.29) is 23.4 Å². The molecule has 0 aliphatic carbocycles. The molecule has 0 saturated heterocycles. The van der Waals surface area contributed by atoms with Gasteiger partial charge < -0.3 is 20.2 Å². The van der Waals surface area contributed by atoms with Gasteiger partial charge in [0.15, 0.2) is 5.82 Å². The normalized spacial score (nSPS) is 12.0. The Hall–Kier alpha value is -2.10. The fraction of sp³-hybridized carbons (Fsp3) is 0.667. The highest BCUT2D eigenvalue weighted by atomic mass is 32.2. The molecule has 0 aliphatic rings. The zero-order chi connectivity index (χ0) is 19.0. The highest BCUT2D eigenvalue weighted by molar-refractivity contribution is 7.99. The van der Waals surface area contributed by atoms with Crippen molar-refractivity contribution in [2.75, 3.05) is 18.6 Å². The van der Waals surface area contributed by atoms with Crippen molar-refractivity contribution >= 4 is 29.5 Å². The molecule has 0 aromatic carbocycles. The first-order valence-electron chi connectivity index (χ1n) is 7.87. The van der Waals surface area contributed by atoms with Gasteiger partial charge in [-0.1, -0.05) is 13.8 Å². The van der Waals surface area contributed by atoms with Gasteiger partial charge in [0.05, 0.1) is 12.9 Å². The van der Waals surface area contributed by atoms with Gasteiger partial charge in [0, 0.05) is 12.7 Å². The Balaban J connectivity index is 2.45. The van der Waals surface area contributed by atoms with E-state index in [1.165, 1.54) is 29.6 Å². The Labute approximate surface area is 150 Å². The molecular weight excluding hydrogens is 348 g/mol. The predicted molar refractivity (Wildman–Crippen MR) is 94.3 cm³/mol. The average Bonchev–Trinajstić information content (AvgIpc) is 2.90. The van der Waals surface area contributed by atoms with E-state index >= 15 is 0 Å². The largest absolute Gasteiger partial charge is 0.467 e. The Bertz CT molecular complexity index is 617. The summed E-state index contributed by atoms with van der Waals surface area (Å²) in [6.45, 7) is 5.98. The lowest BCUT2D eigenvalue weighted by Crippen LogP contribution is -2.43. The van der Waals surface area contributed by atoms with Gasteiger partial charge in [-0.3, -0.25) is 4.79 Å². The number of aryl methyl sites for hydroxylation is 1. The Morgan fingerprint density at radius 2 is 2.16 bits per heavy atom. The lowest BCUT2D eigenvalue weighted by atomic mass is 10.0. The third kappa shape index (κ3) is 6.73. The number of aromatic nitrogens is 2. The summed E-state index contributed by atoms with van der Waals surface area (Å²) in [4.78, 5) is 38.0. The molecular formula is C15H24N4O5S. The predicted octanol–water partition coefficient (Wildman–Crippen LogP) is 1.54. The van der Waals surface area contributed by atoms with Gasteiger partial charge in [0.1, 0.15) is 18.8 Å². The molecule has 0 aliphatic heterocycles. The van der Waals surface area contributed by atoms with E-state index in [0.717, 1.165) is 0 Å². The number of carbonyl (C=O) groups is 2. The highest BCUT2D eigenvalue weighted by Crippen LogP contribution is 2.15. The lowest BCUT2D eigenvalue weighted by molar-refractivity contribution is -0.392. The zero-order valence-corrected chi connectivity index (χ0v) is 15.7. The topological polar surface area (TPSA) is 116 Å². The van der Waals surface area contributed by atoms with Crippen LogP contribution < -0.4 is 5.32 Å². The number of thioether (sulfide) groups is 1. The first kappa shape index (κ1) is 20.9. The van der Waals surface area contributed by atoms with Crippen molar-refractivity contribution in [3.63, 3.8) is 0 Å². The molecule has 1 unspecified atom stereocenters. The molecule has 0 bridgehead atoms. The van der Waals surface area contributed by atoms with Gasteiger partial charge in [-0.25, -0.2) is 14.3 Å². The number of carbonyl (C=O) groups excluding carboxylic acids is 2. The van der Waals surface area contributed by atoms with Crippen LogP contribution in [0, 0.1) is 23.0 Å². The molecule has 1 heterocycles. The molecule has 140 valence electrons. The molecule has 0 fully saturated rings. The first-order valence-corrected chi connectivity index (χ1v) is 9.03. The monoisotopic (exact) mass is 372 g/mol. The van der Waals surface area contributed by atoms with Crippen molar-refractivity contribution in [1.82, 2.24) is 14.9 Å². The molecule has 1 N–H and O–H groups in total. The number of rotatable bonds is 10. The molecule has 0 radical (unpaired) electrons. The maximum absolute atomic E-state index is 12.0. The second-order valence-electron chi connectivity index (χ2n) is 5.90. The summed E-state index contributed by atoms with van der Waals surface area (Å²) in [5.74, 6) is 0.673. The number of methoxy groups -OCH3 is 1. The van der Waals surface area contributed by atoms with E-state index in [1.807, 2.05) is 13.8 Å². The molecule has 25 heavy (non-hydrogen) atoms. The van der Waals surface area contributed by atoms with Crippen molar-refractivity contribution in [2.45, 2.75) is 39.8 Å². The number of hydrogen-bond acceptors (Lipinski definition) is 7. The number of nitrogens with zero attached hydrogens (tertiary/aromatic N) is 3. The fourth-order valence-electron chi connectivity index (χ4n) is 2.26. The lowest BCUT2D eigenvalue weighted by Gasteiger charge is -2.18. The molecule has 1 rings (SSSR count). The summed E-state index contributed by atoms with van der Waals surface area (Å²) in [5, 5.41) is 13.6. The number of hydrogen-bond donors (Lipinski definition) is 1. The third-order valence-corrected chi connectivity index (χ3v) is 4.38. The van der Waals surface area contributed by atoms with Gasteiger partial charge >= 0.3 is 11.8 Å². The molecule has 1 aromatic rings. The number of amides is 1. The molecule has 1 atom stereocenters. The van der Waals surface area contributed by atoms with E-state index in [1.54, 1.807) is 6.92 Å². The SMILES string of the molecule is COC(=O)C(CC(C)C)NC(=O)CSCCn1c([N+](=O)[O-])cnc1C. The standard InChI is InChI=1S/C15H24N4O5S/c1-10(2)7-12(15(21)24-4)17-13(20)9-25-6-5-18-11(3)16-8-14(18)19(22)23/h8,10,12H,5-7,9H2,1-4H3,(H,17,20). The van der Waals surface area contributed by atoms with Crippen LogP contribution in [-0.4, -0.2) is 51.0 Å². The second-order valence-corrected chi connectivity index (χ2v) is 7.00. The Morgan fingerprint density at radius 1 is 1.48 bits per heavy atom. The molecule has 9 nitrogen and oxygen atoms in total. The van der Waals surface area contributed by atoms with Gasteiger partial charge in [-0.2, -0.15) is 0 Å². The van der Waals surface area contributed by atoms with Crippen molar-refractivity contribution in [1.29, 1.82) is 0 Å². The molecule has 0 spiro atoms. The molecule has 10 heteroatoms. The summed E-state index contributed by atoms with van der Waals surface area (Å²) in [7, 11) is 1.29. The van der Waals surface area contributed by atoms with Crippen LogP contribution in [0.2, 0.25) is 0 Å². The van der Waals surface area contributed by atoms with Crippen molar-refractivity contribution in [2.24, 2.45) is 5.92 Å². The first-order chi connectivity index (χ1) is 11.8. The van der Waals surface area contributed by atoms with Gasteiger partial charge in [0.25, 0.3) is 0 Å². The summed E-state index contributed by atoms with van der Waals surface area (Å²) in [6, 6.07) is -0.657. The number of esters is 1. The van der Waals surface area contributed by atoms with E-state index in [2.05, 4.69) is 10.3 Å². The van der Waals surface area contributed by atoms with Crippen LogP contribution in [0.15, 0.2) is 6.20 Å². The minimum absolute atomic E-state index is 0.0646. The van der Waals surface area contributed by atoms with Crippen molar-refractivity contribution in [3.05, 3.63) is 22.1 Å². The number of ether oxygens (including phenoxy) is 1. The van der Waals surface area contributed by atoms with E-state index in [0.29, 0.717) is 24.5 Å². The van der Waals surface area contributed by atoms with Crippen LogP contribution in [0.3, 0.4) is 0 Å². The minimum atomic E-state index is -0.657. The van der Waals surface area contributed by atoms with Gasteiger partial charge in [-0.05, 0) is 17.3 Å². The smallest absolute Gasteiger partial charge is 0.342 e. The van der Waals surface area contributed by atoms with Crippen LogP contribution in [0.25, 0.3) is 0 Å². The van der Waals surface area contributed by atoms with Crippen LogP contribution in [-0.2, 0) is 20.9 Å². The third-order valence-electron chi connectivity index (χ3n) is 3.44.